The summed E-state index contributed by atoms with van der Waals surface area (Å²) in [6.45, 7) is 3.17. The number of ether oxygens (including phenoxy) is 1. The zero-order valence-electron chi connectivity index (χ0n) is 17.2. The van der Waals surface area contributed by atoms with Gasteiger partial charge >= 0.3 is 0 Å². The average Bonchev–Trinajstić information content (AvgIpc) is 3.22. The van der Waals surface area contributed by atoms with Crippen molar-refractivity contribution in [2.24, 2.45) is 4.99 Å². The largest absolute Gasteiger partial charge is 0.380 e. The number of piperazine rings is 1. The van der Waals surface area contributed by atoms with E-state index in [1.54, 1.807) is 20.2 Å². The van der Waals surface area contributed by atoms with Crippen LogP contribution in [0.2, 0.25) is 0 Å². The number of halogens is 1. The number of rotatable bonds is 7. The van der Waals surface area contributed by atoms with Crippen molar-refractivity contribution < 1.29 is 17.7 Å². The average molecular weight is 549 g/mol. The van der Waals surface area contributed by atoms with Gasteiger partial charge in [0.25, 0.3) is 0 Å². The van der Waals surface area contributed by atoms with Gasteiger partial charge in [0.05, 0.1) is 12.3 Å². The molecule has 1 N–H and O–H groups in total. The summed E-state index contributed by atoms with van der Waals surface area (Å²) in [6, 6.07) is 9.75. The molecular formula is C19H28IN5O4S. The Labute approximate surface area is 194 Å². The van der Waals surface area contributed by atoms with Crippen LogP contribution in [-0.4, -0.2) is 69.1 Å². The molecule has 1 fully saturated rings. The number of guanidine groups is 1. The van der Waals surface area contributed by atoms with Crippen LogP contribution < -0.4 is 5.32 Å². The van der Waals surface area contributed by atoms with Crippen molar-refractivity contribution in [3.63, 3.8) is 0 Å². The second-order valence-electron chi connectivity index (χ2n) is 6.79. The minimum atomic E-state index is -3.42. The Morgan fingerprint density at radius 3 is 2.60 bits per heavy atom. The molecule has 166 valence electrons. The van der Waals surface area contributed by atoms with Gasteiger partial charge in [-0.1, -0.05) is 29.4 Å². The Kier molecular flexibility index (Phi) is 9.52. The topological polar surface area (TPSA) is 100 Å². The lowest BCUT2D eigenvalue weighted by Crippen LogP contribution is -2.53. The maximum Gasteiger partial charge on any atom is 0.220 e. The summed E-state index contributed by atoms with van der Waals surface area (Å²) in [5.74, 6) is 0.615. The molecule has 0 atom stereocenters. The molecule has 2 heterocycles. The van der Waals surface area contributed by atoms with Gasteiger partial charge in [0.15, 0.2) is 5.96 Å². The predicted molar refractivity (Wildman–Crippen MR) is 125 cm³/mol. The molecule has 0 saturated carbocycles. The fourth-order valence-corrected chi connectivity index (χ4v) is 4.70. The van der Waals surface area contributed by atoms with E-state index in [1.807, 2.05) is 18.2 Å². The minimum Gasteiger partial charge on any atom is -0.380 e. The highest BCUT2D eigenvalue weighted by Gasteiger charge is 2.28. The van der Waals surface area contributed by atoms with Crippen LogP contribution in [0.3, 0.4) is 0 Å². The summed E-state index contributed by atoms with van der Waals surface area (Å²) in [6.07, 6.45) is 1.38. The second kappa shape index (κ2) is 11.6. The fraction of sp³-hybridized carbons (Fsp3) is 0.474. The molecule has 0 unspecified atom stereocenters. The summed E-state index contributed by atoms with van der Waals surface area (Å²) < 4.78 is 36.5. The van der Waals surface area contributed by atoms with Crippen LogP contribution in [0.5, 0.6) is 0 Å². The molecule has 1 aromatic heterocycles. The van der Waals surface area contributed by atoms with E-state index in [0.29, 0.717) is 45.0 Å². The Morgan fingerprint density at radius 2 is 1.97 bits per heavy atom. The molecule has 11 heteroatoms. The number of aliphatic imine (C=N–C) groups is 1. The number of hydrogen-bond acceptors (Lipinski definition) is 6. The van der Waals surface area contributed by atoms with E-state index < -0.39 is 10.0 Å². The maximum atomic E-state index is 12.6. The van der Waals surface area contributed by atoms with E-state index in [2.05, 4.69) is 26.4 Å². The predicted octanol–water partition coefficient (Wildman–Crippen LogP) is 1.66. The summed E-state index contributed by atoms with van der Waals surface area (Å²) in [5.41, 5.74) is 2.67. The first kappa shape index (κ1) is 24.6. The number of aromatic nitrogens is 1. The molecule has 0 bridgehead atoms. The van der Waals surface area contributed by atoms with Crippen molar-refractivity contribution in [3.8, 4) is 0 Å². The Balaban J connectivity index is 0.00000320. The third-order valence-corrected chi connectivity index (χ3v) is 6.53. The van der Waals surface area contributed by atoms with Gasteiger partial charge in [0.2, 0.25) is 10.0 Å². The van der Waals surface area contributed by atoms with Gasteiger partial charge in [-0.2, -0.15) is 4.31 Å². The lowest BCUT2D eigenvalue weighted by Gasteiger charge is -2.35. The van der Waals surface area contributed by atoms with Crippen molar-refractivity contribution in [1.82, 2.24) is 19.7 Å². The van der Waals surface area contributed by atoms with Crippen molar-refractivity contribution in [2.75, 3.05) is 40.3 Å². The quantitative estimate of drug-likeness (QED) is 0.319. The molecule has 1 aliphatic rings. The van der Waals surface area contributed by atoms with Gasteiger partial charge in [-0.05, 0) is 11.1 Å². The molecule has 1 aliphatic heterocycles. The normalized spacial score (nSPS) is 15.7. The first-order valence-electron chi connectivity index (χ1n) is 9.41. The summed E-state index contributed by atoms with van der Waals surface area (Å²) >= 11 is 0. The lowest BCUT2D eigenvalue weighted by molar-refractivity contribution is 0.185. The smallest absolute Gasteiger partial charge is 0.220 e. The van der Waals surface area contributed by atoms with Crippen LogP contribution in [0, 0.1) is 0 Å². The molecule has 0 amide bonds. The van der Waals surface area contributed by atoms with Crippen LogP contribution in [0.4, 0.5) is 0 Å². The SMILES string of the molecule is CN=C(NCc1cccc(COC)c1)N1CCN(S(=O)(=O)Cc2ccon2)CC1.I. The standard InChI is InChI=1S/C19H27N5O4S.HI/c1-20-19(21-13-16-4-3-5-17(12-16)14-27-2)23-7-9-24(10-8-23)29(25,26)15-18-6-11-28-22-18;/h3-6,11-12H,7-10,13-15H2,1-2H3,(H,20,21);1H. The highest BCUT2D eigenvalue weighted by molar-refractivity contribution is 14.0. The zero-order valence-corrected chi connectivity index (χ0v) is 20.3. The van der Waals surface area contributed by atoms with Gasteiger partial charge in [-0.25, -0.2) is 8.42 Å². The second-order valence-corrected chi connectivity index (χ2v) is 8.76. The van der Waals surface area contributed by atoms with Gasteiger partial charge in [0.1, 0.15) is 12.0 Å². The summed E-state index contributed by atoms with van der Waals surface area (Å²) in [5, 5.41) is 7.05. The van der Waals surface area contributed by atoms with Gasteiger partial charge in [-0.3, -0.25) is 4.99 Å². The molecular weight excluding hydrogens is 521 g/mol. The molecule has 0 aliphatic carbocycles. The lowest BCUT2D eigenvalue weighted by atomic mass is 10.1. The molecule has 1 aromatic carbocycles. The van der Waals surface area contributed by atoms with E-state index in [0.717, 1.165) is 17.1 Å². The molecule has 0 spiro atoms. The van der Waals surface area contributed by atoms with Gasteiger partial charge < -0.3 is 19.5 Å². The first-order valence-corrected chi connectivity index (χ1v) is 11.0. The number of benzene rings is 1. The first-order chi connectivity index (χ1) is 14.0. The Bertz CT molecular complexity index is 913. The fourth-order valence-electron chi connectivity index (χ4n) is 3.28. The van der Waals surface area contributed by atoms with Gasteiger partial charge in [-0.15, -0.1) is 24.0 Å². The van der Waals surface area contributed by atoms with Crippen LogP contribution in [-0.2, 0) is 33.7 Å². The molecule has 3 rings (SSSR count). The molecule has 0 radical (unpaired) electrons. The Hall–Kier alpha value is -1.70. The van der Waals surface area contributed by atoms with Crippen LogP contribution in [0.1, 0.15) is 16.8 Å². The van der Waals surface area contributed by atoms with Crippen molar-refractivity contribution >= 4 is 40.0 Å². The molecule has 30 heavy (non-hydrogen) atoms. The highest BCUT2D eigenvalue weighted by Crippen LogP contribution is 2.13. The molecule has 2 aromatic rings. The Morgan fingerprint density at radius 1 is 1.23 bits per heavy atom. The summed E-state index contributed by atoms with van der Waals surface area (Å²) in [7, 11) is -0.00325. The van der Waals surface area contributed by atoms with Crippen LogP contribution >= 0.6 is 24.0 Å². The van der Waals surface area contributed by atoms with E-state index in [1.165, 1.54) is 10.6 Å². The van der Waals surface area contributed by atoms with Gasteiger partial charge in [0, 0.05) is 52.9 Å². The van der Waals surface area contributed by atoms with E-state index >= 15 is 0 Å². The number of sulfonamides is 1. The highest BCUT2D eigenvalue weighted by atomic mass is 127. The number of hydrogen-bond donors (Lipinski definition) is 1. The maximum absolute atomic E-state index is 12.6. The van der Waals surface area contributed by atoms with Crippen molar-refractivity contribution in [1.29, 1.82) is 0 Å². The monoisotopic (exact) mass is 549 g/mol. The number of nitrogens with zero attached hydrogens (tertiary/aromatic N) is 4. The number of nitrogens with one attached hydrogen (secondary N) is 1. The van der Waals surface area contributed by atoms with Crippen LogP contribution in [0.25, 0.3) is 0 Å². The van der Waals surface area contributed by atoms with Crippen molar-refractivity contribution in [2.45, 2.75) is 18.9 Å². The molecule has 1 saturated heterocycles. The van der Waals surface area contributed by atoms with E-state index in [9.17, 15) is 8.42 Å². The third-order valence-electron chi connectivity index (χ3n) is 4.72. The zero-order chi connectivity index (χ0) is 20.7. The number of methoxy groups -OCH3 is 1. The van der Waals surface area contributed by atoms with Crippen LogP contribution in [0.15, 0.2) is 46.1 Å². The van der Waals surface area contributed by atoms with E-state index in [4.69, 9.17) is 9.26 Å². The molecule has 9 nitrogen and oxygen atoms in total. The van der Waals surface area contributed by atoms with Crippen molar-refractivity contribution in [3.05, 3.63) is 53.4 Å². The summed E-state index contributed by atoms with van der Waals surface area (Å²) in [4.78, 5) is 6.42. The third kappa shape index (κ3) is 6.65. The minimum absolute atomic E-state index is 0. The van der Waals surface area contributed by atoms with E-state index in [-0.39, 0.29) is 29.7 Å².